The Kier molecular flexibility index (Phi) is 5.96. The van der Waals surface area contributed by atoms with Crippen molar-refractivity contribution in [3.8, 4) is 0 Å². The molecule has 22 heavy (non-hydrogen) atoms. The number of carboxylic acids is 1. The zero-order chi connectivity index (χ0) is 15.9. The molecule has 0 amide bonds. The molecule has 0 radical (unpaired) electrons. The van der Waals surface area contributed by atoms with Crippen LogP contribution in [0.4, 0.5) is 0 Å². The number of carbonyl (C=O) groups is 1. The lowest BCUT2D eigenvalue weighted by Crippen LogP contribution is -2.42. The highest BCUT2D eigenvalue weighted by Crippen LogP contribution is 2.19. The smallest absolute Gasteiger partial charge is 0.320 e. The Labute approximate surface area is 132 Å². The van der Waals surface area contributed by atoms with Gasteiger partial charge in [0.15, 0.2) is 0 Å². The molecule has 2 aromatic carbocycles. The number of aryl methyl sites for hydroxylation is 1. The molecule has 0 bridgehead atoms. The van der Waals surface area contributed by atoms with Crippen molar-refractivity contribution >= 4 is 16.7 Å². The molecule has 0 saturated heterocycles. The van der Waals surface area contributed by atoms with Crippen LogP contribution in [0, 0.1) is 5.92 Å². The van der Waals surface area contributed by atoms with Crippen LogP contribution in [0.1, 0.15) is 32.3 Å². The fraction of sp³-hybridized carbons (Fsp3) is 0.421. The summed E-state index contributed by atoms with van der Waals surface area (Å²) in [4.78, 5) is 11.3. The summed E-state index contributed by atoms with van der Waals surface area (Å²) in [6, 6.07) is 14.3. The highest BCUT2D eigenvalue weighted by atomic mass is 16.4. The standard InChI is InChI=1S/C19H25NO2/c1-3-14(2)18(19(21)22)20-13-7-11-16-10-6-9-15-8-4-5-12-17(15)16/h4-6,8-10,12,14,18,20H,3,7,11,13H2,1-2H3,(H,21,22)/t14-,18-/m0/s1. The molecule has 0 aliphatic carbocycles. The van der Waals surface area contributed by atoms with Gasteiger partial charge in [0, 0.05) is 0 Å². The average molecular weight is 299 g/mol. The van der Waals surface area contributed by atoms with Crippen molar-refractivity contribution in [2.75, 3.05) is 6.54 Å². The molecule has 0 unspecified atom stereocenters. The molecule has 0 aliphatic heterocycles. The lowest BCUT2D eigenvalue weighted by Gasteiger charge is -2.20. The molecular formula is C19H25NO2. The molecule has 0 aliphatic rings. The third kappa shape index (κ3) is 4.08. The second-order valence-corrected chi connectivity index (χ2v) is 5.90. The number of nitrogens with one attached hydrogen (secondary N) is 1. The maximum atomic E-state index is 11.3. The van der Waals surface area contributed by atoms with Crippen LogP contribution in [0.2, 0.25) is 0 Å². The van der Waals surface area contributed by atoms with E-state index in [-0.39, 0.29) is 5.92 Å². The minimum absolute atomic E-state index is 0.148. The first kappa shape index (κ1) is 16.5. The lowest BCUT2D eigenvalue weighted by molar-refractivity contribution is -0.140. The first-order valence-corrected chi connectivity index (χ1v) is 8.06. The van der Waals surface area contributed by atoms with E-state index in [2.05, 4.69) is 47.8 Å². The Morgan fingerprint density at radius 3 is 2.64 bits per heavy atom. The summed E-state index contributed by atoms with van der Waals surface area (Å²) in [5, 5.41) is 15.0. The highest BCUT2D eigenvalue weighted by molar-refractivity contribution is 5.85. The van der Waals surface area contributed by atoms with Crippen LogP contribution in [0.15, 0.2) is 42.5 Å². The Morgan fingerprint density at radius 1 is 1.18 bits per heavy atom. The summed E-state index contributed by atoms with van der Waals surface area (Å²) in [6.07, 6.45) is 2.77. The predicted molar refractivity (Wildman–Crippen MR) is 91.2 cm³/mol. The van der Waals surface area contributed by atoms with Crippen LogP contribution in [0.5, 0.6) is 0 Å². The van der Waals surface area contributed by atoms with Crippen LogP contribution >= 0.6 is 0 Å². The second-order valence-electron chi connectivity index (χ2n) is 5.90. The van der Waals surface area contributed by atoms with Crippen LogP contribution in [-0.4, -0.2) is 23.7 Å². The molecule has 0 saturated carbocycles. The van der Waals surface area contributed by atoms with Gasteiger partial charge in [-0.15, -0.1) is 0 Å². The van der Waals surface area contributed by atoms with E-state index in [1.54, 1.807) is 0 Å². The molecule has 0 heterocycles. The number of aliphatic carboxylic acids is 1. The quantitative estimate of drug-likeness (QED) is 0.728. The van der Waals surface area contributed by atoms with Gasteiger partial charge < -0.3 is 10.4 Å². The van der Waals surface area contributed by atoms with Gasteiger partial charge in [0.1, 0.15) is 6.04 Å². The molecule has 0 spiro atoms. The van der Waals surface area contributed by atoms with E-state index in [1.807, 2.05) is 13.8 Å². The topological polar surface area (TPSA) is 49.3 Å². The summed E-state index contributed by atoms with van der Waals surface area (Å²) in [7, 11) is 0. The molecule has 2 atom stereocenters. The van der Waals surface area contributed by atoms with Crippen molar-refractivity contribution in [1.82, 2.24) is 5.32 Å². The van der Waals surface area contributed by atoms with Crippen LogP contribution in [0.3, 0.4) is 0 Å². The van der Waals surface area contributed by atoms with Crippen molar-refractivity contribution in [2.45, 2.75) is 39.2 Å². The zero-order valence-electron chi connectivity index (χ0n) is 13.4. The maximum Gasteiger partial charge on any atom is 0.320 e. The third-order valence-corrected chi connectivity index (χ3v) is 4.35. The van der Waals surface area contributed by atoms with E-state index in [0.717, 1.165) is 25.8 Å². The minimum atomic E-state index is -0.750. The summed E-state index contributed by atoms with van der Waals surface area (Å²) >= 11 is 0. The molecule has 118 valence electrons. The molecule has 0 fully saturated rings. The number of fused-ring (bicyclic) bond motifs is 1. The molecule has 3 heteroatoms. The van der Waals surface area contributed by atoms with E-state index < -0.39 is 12.0 Å². The largest absolute Gasteiger partial charge is 0.480 e. The van der Waals surface area contributed by atoms with E-state index in [0.29, 0.717) is 0 Å². The maximum absolute atomic E-state index is 11.3. The second kappa shape index (κ2) is 7.95. The number of hydrogen-bond acceptors (Lipinski definition) is 2. The van der Waals surface area contributed by atoms with E-state index in [9.17, 15) is 9.90 Å². The molecule has 2 aromatic rings. The van der Waals surface area contributed by atoms with Crippen LogP contribution in [-0.2, 0) is 11.2 Å². The van der Waals surface area contributed by atoms with Crippen molar-refractivity contribution in [1.29, 1.82) is 0 Å². The van der Waals surface area contributed by atoms with Crippen molar-refractivity contribution in [3.63, 3.8) is 0 Å². The van der Waals surface area contributed by atoms with Gasteiger partial charge in [-0.1, -0.05) is 62.7 Å². The van der Waals surface area contributed by atoms with E-state index >= 15 is 0 Å². The van der Waals surface area contributed by atoms with Gasteiger partial charge in [-0.05, 0) is 41.6 Å². The van der Waals surface area contributed by atoms with Crippen LogP contribution < -0.4 is 5.32 Å². The average Bonchev–Trinajstić information content (AvgIpc) is 2.54. The number of benzene rings is 2. The van der Waals surface area contributed by atoms with Gasteiger partial charge in [0.05, 0.1) is 0 Å². The predicted octanol–water partition coefficient (Wildman–Crippen LogP) is 3.86. The van der Waals surface area contributed by atoms with E-state index in [1.165, 1.54) is 16.3 Å². The fourth-order valence-corrected chi connectivity index (χ4v) is 2.81. The first-order chi connectivity index (χ1) is 10.6. The van der Waals surface area contributed by atoms with Gasteiger partial charge >= 0.3 is 5.97 Å². The van der Waals surface area contributed by atoms with Gasteiger partial charge in [-0.25, -0.2) is 0 Å². The van der Waals surface area contributed by atoms with Gasteiger partial charge in [0.2, 0.25) is 0 Å². The number of rotatable bonds is 8. The molecule has 0 aromatic heterocycles. The molecule has 2 rings (SSSR count). The fourth-order valence-electron chi connectivity index (χ4n) is 2.81. The summed E-state index contributed by atoms with van der Waals surface area (Å²) < 4.78 is 0. The zero-order valence-corrected chi connectivity index (χ0v) is 13.4. The SMILES string of the molecule is CC[C@H](C)[C@H](NCCCc1cccc2ccccc12)C(=O)O. The first-order valence-electron chi connectivity index (χ1n) is 8.06. The Bertz CT molecular complexity index is 618. The van der Waals surface area contributed by atoms with Gasteiger partial charge in [0.25, 0.3) is 0 Å². The van der Waals surface area contributed by atoms with Crippen molar-refractivity contribution in [2.24, 2.45) is 5.92 Å². The number of carboxylic acid groups (broad SMARTS) is 1. The summed E-state index contributed by atoms with van der Waals surface area (Å²) in [6.45, 7) is 4.74. The minimum Gasteiger partial charge on any atom is -0.480 e. The van der Waals surface area contributed by atoms with Crippen molar-refractivity contribution < 1.29 is 9.90 Å². The molecule has 2 N–H and O–H groups in total. The summed E-state index contributed by atoms with van der Waals surface area (Å²) in [5.74, 6) is -0.602. The van der Waals surface area contributed by atoms with Crippen molar-refractivity contribution in [3.05, 3.63) is 48.0 Å². The van der Waals surface area contributed by atoms with Gasteiger partial charge in [-0.3, -0.25) is 4.79 Å². The highest BCUT2D eigenvalue weighted by Gasteiger charge is 2.22. The lowest BCUT2D eigenvalue weighted by atomic mass is 9.98. The monoisotopic (exact) mass is 299 g/mol. The molecular weight excluding hydrogens is 274 g/mol. The Balaban J connectivity index is 1.91. The Morgan fingerprint density at radius 2 is 1.91 bits per heavy atom. The van der Waals surface area contributed by atoms with Crippen LogP contribution in [0.25, 0.3) is 10.8 Å². The summed E-state index contributed by atoms with van der Waals surface area (Å²) in [5.41, 5.74) is 1.33. The third-order valence-electron chi connectivity index (χ3n) is 4.35. The van der Waals surface area contributed by atoms with E-state index in [4.69, 9.17) is 0 Å². The Hall–Kier alpha value is -1.87. The normalized spacial score (nSPS) is 13.9. The van der Waals surface area contributed by atoms with Gasteiger partial charge in [-0.2, -0.15) is 0 Å². The number of hydrogen-bond donors (Lipinski definition) is 2. The molecule has 3 nitrogen and oxygen atoms in total.